The molecule has 28 heavy (non-hydrogen) atoms. The van der Waals surface area contributed by atoms with Crippen LogP contribution in [0.15, 0.2) is 0 Å². The van der Waals surface area contributed by atoms with Crippen molar-refractivity contribution in [2.45, 2.75) is 91.2 Å². The molecule has 2 bridgehead atoms. The fraction of sp³-hybridized carbons (Fsp3) is 0.952. The maximum atomic E-state index is 12.1. The average Bonchev–Trinajstić information content (AvgIpc) is 2.87. The standard InChI is InChI=1S/C15H22O5.C6H14O2/c1-8-4-5-11-9(2)12(16)17-13-15(11)10(8)6-7-14(3,18-13)19-20-15;1-4-7-6(3)8-5-2/h8-11,13H,4-7H2,1-3H3;6H,4-5H2,1-3H3/t8-,9-,10+,11+,13-,14+,15-;/m1./s1. The summed E-state index contributed by atoms with van der Waals surface area (Å²) in [5.74, 6) is -0.137. The summed E-state index contributed by atoms with van der Waals surface area (Å²) in [6, 6.07) is 0. The van der Waals surface area contributed by atoms with Crippen molar-refractivity contribution < 1.29 is 33.5 Å². The van der Waals surface area contributed by atoms with Gasteiger partial charge in [-0.3, -0.25) is 4.79 Å². The molecule has 4 aliphatic heterocycles. The average molecular weight is 401 g/mol. The molecule has 0 aromatic carbocycles. The highest BCUT2D eigenvalue weighted by Crippen LogP contribution is 2.59. The van der Waals surface area contributed by atoms with Crippen LogP contribution in [0.3, 0.4) is 0 Å². The van der Waals surface area contributed by atoms with Gasteiger partial charge in [-0.2, -0.15) is 0 Å². The molecule has 0 radical (unpaired) electrons. The van der Waals surface area contributed by atoms with Crippen LogP contribution in [0.5, 0.6) is 0 Å². The summed E-state index contributed by atoms with van der Waals surface area (Å²) in [7, 11) is 0. The van der Waals surface area contributed by atoms with Gasteiger partial charge in [-0.15, -0.1) is 0 Å². The quantitative estimate of drug-likeness (QED) is 0.404. The first-order chi connectivity index (χ1) is 13.3. The van der Waals surface area contributed by atoms with E-state index >= 15 is 0 Å². The first-order valence-corrected chi connectivity index (χ1v) is 10.8. The van der Waals surface area contributed by atoms with Gasteiger partial charge in [0.1, 0.15) is 0 Å². The van der Waals surface area contributed by atoms with E-state index in [-0.39, 0.29) is 24.1 Å². The first kappa shape index (κ1) is 22.0. The van der Waals surface area contributed by atoms with Crippen LogP contribution < -0.4 is 0 Å². The Kier molecular flexibility index (Phi) is 6.72. The number of hydrogen-bond donors (Lipinski definition) is 0. The van der Waals surface area contributed by atoms with Gasteiger partial charge in [-0.1, -0.05) is 13.8 Å². The topological polar surface area (TPSA) is 72.5 Å². The van der Waals surface area contributed by atoms with Crippen molar-refractivity contribution in [3.05, 3.63) is 0 Å². The number of carbonyl (C=O) groups is 1. The monoisotopic (exact) mass is 400 g/mol. The predicted octanol–water partition coefficient (Wildman–Crippen LogP) is 3.80. The van der Waals surface area contributed by atoms with Crippen LogP contribution in [0.4, 0.5) is 0 Å². The molecule has 5 aliphatic rings. The van der Waals surface area contributed by atoms with Gasteiger partial charge in [0.05, 0.1) is 5.92 Å². The van der Waals surface area contributed by atoms with E-state index in [9.17, 15) is 4.79 Å². The summed E-state index contributed by atoms with van der Waals surface area (Å²) in [6.07, 6.45) is 3.21. The van der Waals surface area contributed by atoms with E-state index in [0.717, 1.165) is 38.9 Å². The first-order valence-electron chi connectivity index (χ1n) is 10.8. The highest BCUT2D eigenvalue weighted by molar-refractivity contribution is 5.74. The molecule has 5 rings (SSSR count). The molecule has 4 heterocycles. The second-order valence-electron chi connectivity index (χ2n) is 8.61. The lowest BCUT2D eigenvalue weighted by Gasteiger charge is -2.57. The Balaban J connectivity index is 0.000000242. The molecule has 7 heteroatoms. The second kappa shape index (κ2) is 8.56. The van der Waals surface area contributed by atoms with Gasteiger partial charge in [0.25, 0.3) is 0 Å². The zero-order valence-corrected chi connectivity index (χ0v) is 18.1. The van der Waals surface area contributed by atoms with Crippen molar-refractivity contribution in [3.8, 4) is 0 Å². The minimum absolute atomic E-state index is 0.0370. The Hall–Kier alpha value is -0.730. The van der Waals surface area contributed by atoms with Crippen molar-refractivity contribution in [2.75, 3.05) is 13.2 Å². The van der Waals surface area contributed by atoms with Crippen LogP contribution in [0.25, 0.3) is 0 Å². The Morgan fingerprint density at radius 3 is 2.39 bits per heavy atom. The fourth-order valence-corrected chi connectivity index (χ4v) is 5.28. The van der Waals surface area contributed by atoms with Crippen LogP contribution in [-0.4, -0.2) is 43.2 Å². The summed E-state index contributed by atoms with van der Waals surface area (Å²) in [6.45, 7) is 13.3. The van der Waals surface area contributed by atoms with Gasteiger partial charge >= 0.3 is 5.97 Å². The zero-order chi connectivity index (χ0) is 20.5. The Morgan fingerprint density at radius 2 is 1.75 bits per heavy atom. The molecule has 0 N–H and O–H groups in total. The zero-order valence-electron chi connectivity index (χ0n) is 18.1. The predicted molar refractivity (Wildman–Crippen MR) is 101 cm³/mol. The molecular formula is C21H36O7. The SMILES string of the molecule is CCOC(C)OCC.C[C@@H]1CC[C@H]2[C@@H](C)C(=O)O[C@@H]3O[C@]4(C)CC[C@@H]1[C@]32OO4. The molecule has 0 aromatic heterocycles. The largest absolute Gasteiger partial charge is 0.432 e. The summed E-state index contributed by atoms with van der Waals surface area (Å²) in [4.78, 5) is 23.7. The smallest absolute Gasteiger partial charge is 0.311 e. The molecule has 162 valence electrons. The van der Waals surface area contributed by atoms with Gasteiger partial charge in [0.15, 0.2) is 11.9 Å². The summed E-state index contributed by atoms with van der Waals surface area (Å²) in [5.41, 5.74) is -0.610. The van der Waals surface area contributed by atoms with Gasteiger partial charge in [-0.25, -0.2) is 9.78 Å². The van der Waals surface area contributed by atoms with E-state index < -0.39 is 17.7 Å². The molecule has 4 saturated heterocycles. The van der Waals surface area contributed by atoms with E-state index in [4.69, 9.17) is 28.7 Å². The number of ether oxygens (including phenoxy) is 4. The number of rotatable bonds is 4. The highest BCUT2D eigenvalue weighted by Gasteiger charge is 2.70. The molecule has 1 saturated carbocycles. The van der Waals surface area contributed by atoms with E-state index in [1.165, 1.54) is 0 Å². The molecule has 0 aromatic rings. The van der Waals surface area contributed by atoms with Crippen molar-refractivity contribution in [1.29, 1.82) is 0 Å². The molecule has 5 fully saturated rings. The summed E-state index contributed by atoms with van der Waals surface area (Å²) in [5, 5.41) is 0. The van der Waals surface area contributed by atoms with Gasteiger partial charge in [-0.05, 0) is 52.9 Å². The van der Waals surface area contributed by atoms with Crippen LogP contribution in [-0.2, 0) is 33.5 Å². The maximum absolute atomic E-state index is 12.1. The summed E-state index contributed by atoms with van der Waals surface area (Å²) < 4.78 is 21.7. The highest BCUT2D eigenvalue weighted by atomic mass is 17.3. The van der Waals surface area contributed by atoms with Gasteiger partial charge in [0, 0.05) is 31.5 Å². The summed E-state index contributed by atoms with van der Waals surface area (Å²) >= 11 is 0. The Bertz CT molecular complexity index is 549. The van der Waals surface area contributed by atoms with E-state index in [1.807, 2.05) is 34.6 Å². The van der Waals surface area contributed by atoms with Crippen LogP contribution in [0.1, 0.15) is 67.2 Å². The fourth-order valence-electron chi connectivity index (χ4n) is 5.28. The van der Waals surface area contributed by atoms with E-state index in [0.29, 0.717) is 11.8 Å². The maximum Gasteiger partial charge on any atom is 0.311 e. The minimum atomic E-state index is -0.793. The molecule has 1 spiro atoms. The lowest BCUT2D eigenvalue weighted by atomic mass is 9.58. The third-order valence-electron chi connectivity index (χ3n) is 6.78. The van der Waals surface area contributed by atoms with Crippen molar-refractivity contribution in [3.63, 3.8) is 0 Å². The van der Waals surface area contributed by atoms with Crippen molar-refractivity contribution in [1.82, 2.24) is 0 Å². The van der Waals surface area contributed by atoms with Crippen LogP contribution in [0.2, 0.25) is 0 Å². The number of hydrogen-bond acceptors (Lipinski definition) is 7. The molecule has 7 nitrogen and oxygen atoms in total. The van der Waals surface area contributed by atoms with Crippen LogP contribution >= 0.6 is 0 Å². The molecule has 0 amide bonds. The van der Waals surface area contributed by atoms with Gasteiger partial charge < -0.3 is 18.9 Å². The van der Waals surface area contributed by atoms with Gasteiger partial charge in [0.2, 0.25) is 12.1 Å². The number of esters is 1. The lowest BCUT2D eigenvalue weighted by molar-refractivity contribution is -0.559. The number of fused-ring (bicyclic) bond motifs is 2. The third kappa shape index (κ3) is 3.84. The minimum Gasteiger partial charge on any atom is -0.432 e. The number of carbonyl (C=O) groups excluding carboxylic acids is 1. The van der Waals surface area contributed by atoms with E-state index in [1.54, 1.807) is 0 Å². The lowest BCUT2D eigenvalue weighted by Crippen LogP contribution is -2.69. The molecule has 7 atom stereocenters. The molecule has 0 unspecified atom stereocenters. The van der Waals surface area contributed by atoms with Crippen LogP contribution in [0, 0.1) is 23.7 Å². The molecular weight excluding hydrogens is 364 g/mol. The molecule has 1 aliphatic carbocycles. The van der Waals surface area contributed by atoms with E-state index in [2.05, 4.69) is 6.92 Å². The second-order valence-corrected chi connectivity index (χ2v) is 8.61. The van der Waals surface area contributed by atoms with Crippen molar-refractivity contribution >= 4 is 5.97 Å². The van der Waals surface area contributed by atoms with Crippen molar-refractivity contribution in [2.24, 2.45) is 23.7 Å². The normalized spacial score (nSPS) is 44.2. The Morgan fingerprint density at radius 1 is 1.07 bits per heavy atom. The Labute approximate surface area is 168 Å². The third-order valence-corrected chi connectivity index (χ3v) is 6.78.